The van der Waals surface area contributed by atoms with Crippen LogP contribution in [0.5, 0.6) is 0 Å². The molecule has 3 fully saturated rings. The summed E-state index contributed by atoms with van der Waals surface area (Å²) in [5, 5.41) is 28.4. The Kier molecular flexibility index (Phi) is 7.59. The van der Waals surface area contributed by atoms with Gasteiger partial charge in [-0.05, 0) is 94.8 Å². The van der Waals surface area contributed by atoms with Gasteiger partial charge in [-0.15, -0.1) is 0 Å². The molecule has 0 atom stereocenters. The predicted molar refractivity (Wildman–Crippen MR) is 100 cm³/mol. The predicted octanol–water partition coefficient (Wildman–Crippen LogP) is 2.94. The minimum atomic E-state index is 0.357. The molecule has 0 unspecified atom stereocenters. The van der Waals surface area contributed by atoms with Crippen molar-refractivity contribution in [1.82, 2.24) is 4.90 Å². The molecule has 0 radical (unpaired) electrons. The van der Waals surface area contributed by atoms with Gasteiger partial charge in [0.15, 0.2) is 0 Å². The first-order valence-corrected chi connectivity index (χ1v) is 10.8. The third-order valence-electron chi connectivity index (χ3n) is 7.49. The first-order valence-electron chi connectivity index (χ1n) is 10.8. The fourth-order valence-corrected chi connectivity index (χ4v) is 5.77. The van der Waals surface area contributed by atoms with Crippen LogP contribution in [0.2, 0.25) is 0 Å². The summed E-state index contributed by atoms with van der Waals surface area (Å²) in [4.78, 5) is 2.90. The SMILES string of the molecule is OCC1CCC(N(C2CCC(CO)CC2)C2CCC(CO)CC2)CC1. The highest BCUT2D eigenvalue weighted by molar-refractivity contribution is 4.92. The van der Waals surface area contributed by atoms with Crippen molar-refractivity contribution in [1.29, 1.82) is 0 Å². The lowest BCUT2D eigenvalue weighted by Gasteiger charge is -2.49. The molecule has 0 spiro atoms. The van der Waals surface area contributed by atoms with Gasteiger partial charge in [-0.1, -0.05) is 0 Å². The molecular weight excluding hydrogens is 314 g/mol. The van der Waals surface area contributed by atoms with E-state index in [0.29, 0.717) is 55.7 Å². The molecular formula is C21H39NO3. The van der Waals surface area contributed by atoms with Crippen molar-refractivity contribution in [3.63, 3.8) is 0 Å². The topological polar surface area (TPSA) is 63.9 Å². The van der Waals surface area contributed by atoms with Crippen molar-refractivity contribution >= 4 is 0 Å². The number of hydrogen-bond donors (Lipinski definition) is 3. The second kappa shape index (κ2) is 9.68. The van der Waals surface area contributed by atoms with E-state index in [-0.39, 0.29) is 0 Å². The Bertz CT molecular complexity index is 310. The van der Waals surface area contributed by atoms with Crippen LogP contribution >= 0.6 is 0 Å². The molecule has 4 nitrogen and oxygen atoms in total. The normalized spacial score (nSPS) is 40.3. The summed E-state index contributed by atoms with van der Waals surface area (Å²) >= 11 is 0. The summed E-state index contributed by atoms with van der Waals surface area (Å²) in [6.45, 7) is 1.07. The maximum atomic E-state index is 9.46. The average Bonchev–Trinajstić information content (AvgIpc) is 2.70. The summed E-state index contributed by atoms with van der Waals surface area (Å²) in [6.07, 6.45) is 14.5. The average molecular weight is 354 g/mol. The quantitative estimate of drug-likeness (QED) is 0.687. The molecule has 0 amide bonds. The molecule has 0 bridgehead atoms. The van der Waals surface area contributed by atoms with E-state index in [2.05, 4.69) is 4.90 Å². The highest BCUT2D eigenvalue weighted by atomic mass is 16.3. The van der Waals surface area contributed by atoms with Crippen LogP contribution in [0.4, 0.5) is 0 Å². The van der Waals surface area contributed by atoms with E-state index < -0.39 is 0 Å². The lowest BCUT2D eigenvalue weighted by Crippen LogP contribution is -2.53. The number of rotatable bonds is 6. The molecule has 3 N–H and O–H groups in total. The molecule has 25 heavy (non-hydrogen) atoms. The number of nitrogens with zero attached hydrogens (tertiary/aromatic N) is 1. The smallest absolute Gasteiger partial charge is 0.0459 e. The van der Waals surface area contributed by atoms with Gasteiger partial charge in [0.05, 0.1) is 0 Å². The molecule has 3 saturated carbocycles. The van der Waals surface area contributed by atoms with Gasteiger partial charge in [-0.2, -0.15) is 0 Å². The lowest BCUT2D eigenvalue weighted by atomic mass is 9.78. The van der Waals surface area contributed by atoms with Crippen LogP contribution in [0.1, 0.15) is 77.0 Å². The zero-order valence-corrected chi connectivity index (χ0v) is 15.9. The van der Waals surface area contributed by atoms with Crippen molar-refractivity contribution < 1.29 is 15.3 Å². The van der Waals surface area contributed by atoms with Gasteiger partial charge in [0, 0.05) is 37.9 Å². The lowest BCUT2D eigenvalue weighted by molar-refractivity contribution is -0.00608. The molecule has 0 aromatic rings. The first-order chi connectivity index (χ1) is 12.2. The first kappa shape index (κ1) is 19.6. The van der Waals surface area contributed by atoms with E-state index in [1.54, 1.807) is 0 Å². The molecule has 0 aliphatic heterocycles. The minimum absolute atomic E-state index is 0.357. The minimum Gasteiger partial charge on any atom is -0.396 e. The van der Waals surface area contributed by atoms with Crippen LogP contribution < -0.4 is 0 Å². The van der Waals surface area contributed by atoms with Gasteiger partial charge in [0.1, 0.15) is 0 Å². The van der Waals surface area contributed by atoms with Gasteiger partial charge < -0.3 is 15.3 Å². The van der Waals surface area contributed by atoms with Crippen LogP contribution in [0.25, 0.3) is 0 Å². The second-order valence-electron chi connectivity index (χ2n) is 9.02. The summed E-state index contributed by atoms with van der Waals surface area (Å²) in [6, 6.07) is 2.07. The van der Waals surface area contributed by atoms with E-state index in [4.69, 9.17) is 0 Å². The molecule has 3 aliphatic carbocycles. The maximum Gasteiger partial charge on any atom is 0.0459 e. The Hall–Kier alpha value is -0.160. The van der Waals surface area contributed by atoms with Gasteiger partial charge >= 0.3 is 0 Å². The number of aliphatic hydroxyl groups is 3. The van der Waals surface area contributed by atoms with Crippen LogP contribution in [0.15, 0.2) is 0 Å². The number of hydrogen-bond acceptors (Lipinski definition) is 4. The van der Waals surface area contributed by atoms with Crippen molar-refractivity contribution in [2.24, 2.45) is 17.8 Å². The van der Waals surface area contributed by atoms with Gasteiger partial charge in [-0.3, -0.25) is 4.90 Å². The largest absolute Gasteiger partial charge is 0.396 e. The van der Waals surface area contributed by atoms with Crippen LogP contribution in [-0.2, 0) is 0 Å². The fourth-order valence-electron chi connectivity index (χ4n) is 5.77. The summed E-state index contributed by atoms with van der Waals surface area (Å²) < 4.78 is 0. The number of aliphatic hydroxyl groups excluding tert-OH is 3. The Labute approximate surface area is 153 Å². The summed E-state index contributed by atoms with van der Waals surface area (Å²) in [5.41, 5.74) is 0. The zero-order chi connectivity index (χ0) is 17.6. The maximum absolute atomic E-state index is 9.46. The second-order valence-corrected chi connectivity index (χ2v) is 9.02. The van der Waals surface area contributed by atoms with Gasteiger partial charge in [-0.25, -0.2) is 0 Å². The monoisotopic (exact) mass is 353 g/mol. The van der Waals surface area contributed by atoms with E-state index in [1.807, 2.05) is 0 Å². The third kappa shape index (κ3) is 4.97. The molecule has 3 aliphatic rings. The standard InChI is InChI=1S/C21H39NO3/c23-13-16-1-7-19(8-2-16)22(20-9-3-17(14-24)4-10-20)21-11-5-18(15-25)6-12-21/h16-21,23-25H,1-15H2. The highest BCUT2D eigenvalue weighted by Gasteiger charge is 2.37. The Balaban J connectivity index is 1.64. The van der Waals surface area contributed by atoms with E-state index in [1.165, 1.54) is 77.0 Å². The van der Waals surface area contributed by atoms with E-state index in [0.717, 1.165) is 0 Å². The zero-order valence-electron chi connectivity index (χ0n) is 15.9. The van der Waals surface area contributed by atoms with Crippen molar-refractivity contribution in [3.8, 4) is 0 Å². The molecule has 146 valence electrons. The van der Waals surface area contributed by atoms with Crippen LogP contribution in [-0.4, -0.2) is 58.2 Å². The van der Waals surface area contributed by atoms with E-state index >= 15 is 0 Å². The Morgan fingerprint density at radius 1 is 0.440 bits per heavy atom. The molecule has 4 heteroatoms. The molecule has 0 aromatic heterocycles. The molecule has 3 rings (SSSR count). The van der Waals surface area contributed by atoms with Crippen LogP contribution in [0, 0.1) is 17.8 Å². The van der Waals surface area contributed by atoms with Crippen LogP contribution in [0.3, 0.4) is 0 Å². The summed E-state index contributed by atoms with van der Waals surface area (Å²) in [5.74, 6) is 1.56. The van der Waals surface area contributed by atoms with Crippen molar-refractivity contribution in [3.05, 3.63) is 0 Å². The van der Waals surface area contributed by atoms with E-state index in [9.17, 15) is 15.3 Å². The highest BCUT2D eigenvalue weighted by Crippen LogP contribution is 2.39. The third-order valence-corrected chi connectivity index (χ3v) is 7.49. The molecule has 0 saturated heterocycles. The Morgan fingerprint density at radius 2 is 0.680 bits per heavy atom. The van der Waals surface area contributed by atoms with Gasteiger partial charge in [0.25, 0.3) is 0 Å². The van der Waals surface area contributed by atoms with Crippen molar-refractivity contribution in [2.75, 3.05) is 19.8 Å². The van der Waals surface area contributed by atoms with Crippen molar-refractivity contribution in [2.45, 2.75) is 95.2 Å². The van der Waals surface area contributed by atoms with Gasteiger partial charge in [0.2, 0.25) is 0 Å². The summed E-state index contributed by atoms with van der Waals surface area (Å²) in [7, 11) is 0. The molecule has 0 heterocycles. The Morgan fingerprint density at radius 3 is 0.880 bits per heavy atom. The fraction of sp³-hybridized carbons (Fsp3) is 1.00. The molecule has 0 aromatic carbocycles.